The number of nitrogens with one attached hydrogen (secondary N) is 2. The van der Waals surface area contributed by atoms with Crippen molar-refractivity contribution in [2.24, 2.45) is 0 Å². The second kappa shape index (κ2) is 11.3. The molecule has 35 heavy (non-hydrogen) atoms. The van der Waals surface area contributed by atoms with Crippen molar-refractivity contribution >= 4 is 23.5 Å². The number of aromatic nitrogens is 2. The average Bonchev–Trinajstić information content (AvgIpc) is 3.54. The molecule has 1 aliphatic carbocycles. The number of rotatable bonds is 9. The first kappa shape index (κ1) is 24.0. The van der Waals surface area contributed by atoms with Gasteiger partial charge in [0.15, 0.2) is 12.4 Å². The van der Waals surface area contributed by atoms with E-state index in [1.807, 2.05) is 30.3 Å². The Kier molecular flexibility index (Phi) is 7.77. The Morgan fingerprint density at radius 1 is 1.03 bits per heavy atom. The molecular formula is C26H28N4O5. The molecule has 0 saturated heterocycles. The third kappa shape index (κ3) is 6.06. The summed E-state index contributed by atoms with van der Waals surface area (Å²) in [6.45, 7) is 1.49. The van der Waals surface area contributed by atoms with Crippen molar-refractivity contribution in [2.75, 3.05) is 18.5 Å². The number of anilines is 1. The monoisotopic (exact) mass is 476 g/mol. The molecule has 2 amide bonds. The number of ether oxygens (including phenoxy) is 2. The number of carbonyl (C=O) groups excluding carboxylic acids is 3. The molecule has 3 aromatic rings. The first-order valence-electron chi connectivity index (χ1n) is 11.7. The van der Waals surface area contributed by atoms with E-state index < -0.39 is 11.9 Å². The van der Waals surface area contributed by atoms with E-state index in [1.54, 1.807) is 31.2 Å². The number of nitrogens with zero attached hydrogens (tertiary/aromatic N) is 2. The Morgan fingerprint density at radius 2 is 1.74 bits per heavy atom. The summed E-state index contributed by atoms with van der Waals surface area (Å²) in [5, 5.41) is 10.0. The highest BCUT2D eigenvalue weighted by Gasteiger charge is 2.22. The second-order valence-corrected chi connectivity index (χ2v) is 8.18. The second-order valence-electron chi connectivity index (χ2n) is 8.18. The van der Waals surface area contributed by atoms with E-state index in [1.165, 1.54) is 10.9 Å². The zero-order valence-electron chi connectivity index (χ0n) is 19.5. The van der Waals surface area contributed by atoms with Crippen LogP contribution in [0, 0.1) is 0 Å². The Morgan fingerprint density at radius 3 is 2.49 bits per heavy atom. The summed E-state index contributed by atoms with van der Waals surface area (Å²) in [5.41, 5.74) is 1.47. The van der Waals surface area contributed by atoms with Gasteiger partial charge in [-0.2, -0.15) is 5.10 Å². The average molecular weight is 477 g/mol. The molecule has 0 spiro atoms. The summed E-state index contributed by atoms with van der Waals surface area (Å²) < 4.78 is 12.2. The molecule has 1 aliphatic rings. The maximum atomic E-state index is 12.7. The van der Waals surface area contributed by atoms with Gasteiger partial charge < -0.3 is 20.1 Å². The van der Waals surface area contributed by atoms with E-state index in [0.717, 1.165) is 31.4 Å². The van der Waals surface area contributed by atoms with Gasteiger partial charge in [0.05, 0.1) is 29.7 Å². The molecule has 1 heterocycles. The fourth-order valence-corrected chi connectivity index (χ4v) is 3.97. The van der Waals surface area contributed by atoms with Crippen LogP contribution in [-0.4, -0.2) is 46.8 Å². The van der Waals surface area contributed by atoms with Gasteiger partial charge >= 0.3 is 5.97 Å². The van der Waals surface area contributed by atoms with Crippen LogP contribution < -0.4 is 15.4 Å². The number of benzene rings is 2. The largest absolute Gasteiger partial charge is 0.480 e. The van der Waals surface area contributed by atoms with E-state index >= 15 is 0 Å². The maximum Gasteiger partial charge on any atom is 0.362 e. The van der Waals surface area contributed by atoms with Gasteiger partial charge in [-0.3, -0.25) is 9.59 Å². The summed E-state index contributed by atoms with van der Waals surface area (Å²) >= 11 is 0. The molecular weight excluding hydrogens is 448 g/mol. The highest BCUT2D eigenvalue weighted by Crippen LogP contribution is 2.22. The molecule has 1 fully saturated rings. The Hall–Kier alpha value is -4.14. The van der Waals surface area contributed by atoms with Crippen molar-refractivity contribution in [1.82, 2.24) is 15.1 Å². The zero-order chi connectivity index (χ0) is 24.6. The third-order valence-electron chi connectivity index (χ3n) is 5.67. The lowest BCUT2D eigenvalue weighted by Crippen LogP contribution is -2.33. The fraction of sp³-hybridized carbons (Fsp3) is 0.308. The predicted octanol–water partition coefficient (Wildman–Crippen LogP) is 3.74. The van der Waals surface area contributed by atoms with Gasteiger partial charge in [0, 0.05) is 6.04 Å². The zero-order valence-corrected chi connectivity index (χ0v) is 19.5. The van der Waals surface area contributed by atoms with E-state index in [2.05, 4.69) is 15.7 Å². The third-order valence-corrected chi connectivity index (χ3v) is 5.67. The van der Waals surface area contributed by atoms with Crippen LogP contribution in [0.4, 0.5) is 5.69 Å². The van der Waals surface area contributed by atoms with E-state index in [0.29, 0.717) is 11.3 Å². The number of amides is 2. The molecule has 4 rings (SSSR count). The topological polar surface area (TPSA) is 112 Å². The lowest BCUT2D eigenvalue weighted by molar-refractivity contribution is -0.118. The standard InChI is InChI=1S/C26H28N4O5/c1-2-34-26(33)24-22(16-30(29-24)19-12-4-3-5-13-19)35-17-23(31)28-21-15-9-8-14-20(21)25(32)27-18-10-6-7-11-18/h3-5,8-9,12-16,18H,2,6-7,10-11,17H2,1H3,(H,27,32)(H,28,31). The number of hydrogen-bond acceptors (Lipinski definition) is 6. The SMILES string of the molecule is CCOC(=O)c1nn(-c2ccccc2)cc1OCC(=O)Nc1ccccc1C(=O)NC1CCCC1. The molecule has 1 saturated carbocycles. The number of carbonyl (C=O) groups is 3. The van der Waals surface area contributed by atoms with Crippen LogP contribution in [0.3, 0.4) is 0 Å². The maximum absolute atomic E-state index is 12.7. The summed E-state index contributed by atoms with van der Waals surface area (Å²) in [6.07, 6.45) is 5.67. The molecule has 9 heteroatoms. The first-order chi connectivity index (χ1) is 17.0. The molecule has 0 radical (unpaired) electrons. The molecule has 0 aliphatic heterocycles. The van der Waals surface area contributed by atoms with Gasteiger partial charge in [0.1, 0.15) is 0 Å². The molecule has 2 N–H and O–H groups in total. The smallest absolute Gasteiger partial charge is 0.362 e. The van der Waals surface area contributed by atoms with E-state index in [-0.39, 0.29) is 36.6 Å². The highest BCUT2D eigenvalue weighted by molar-refractivity contribution is 6.04. The van der Waals surface area contributed by atoms with Gasteiger partial charge in [-0.15, -0.1) is 0 Å². The molecule has 2 aromatic carbocycles. The molecule has 182 valence electrons. The van der Waals surface area contributed by atoms with Crippen molar-refractivity contribution in [3.63, 3.8) is 0 Å². The number of esters is 1. The van der Waals surface area contributed by atoms with E-state index in [9.17, 15) is 14.4 Å². The molecule has 0 atom stereocenters. The van der Waals surface area contributed by atoms with Crippen LogP contribution in [0.25, 0.3) is 5.69 Å². The minimum atomic E-state index is -0.647. The Labute approximate surface area is 203 Å². The lowest BCUT2D eigenvalue weighted by atomic mass is 10.1. The van der Waals surface area contributed by atoms with E-state index in [4.69, 9.17) is 9.47 Å². The van der Waals surface area contributed by atoms with Crippen LogP contribution in [0.15, 0.2) is 60.8 Å². The molecule has 0 unspecified atom stereocenters. The van der Waals surface area contributed by atoms with Crippen molar-refractivity contribution in [2.45, 2.75) is 38.6 Å². The quantitative estimate of drug-likeness (QED) is 0.455. The van der Waals surface area contributed by atoms with Gasteiger partial charge in [-0.05, 0) is 44.0 Å². The van der Waals surface area contributed by atoms with Crippen molar-refractivity contribution < 1.29 is 23.9 Å². The minimum Gasteiger partial charge on any atom is -0.480 e. The van der Waals surface area contributed by atoms with Crippen LogP contribution >= 0.6 is 0 Å². The van der Waals surface area contributed by atoms with Crippen molar-refractivity contribution in [1.29, 1.82) is 0 Å². The predicted molar refractivity (Wildman–Crippen MR) is 130 cm³/mol. The van der Waals surface area contributed by atoms with Crippen LogP contribution in [0.1, 0.15) is 53.5 Å². The molecule has 1 aromatic heterocycles. The van der Waals surface area contributed by atoms with Gasteiger partial charge in [-0.25, -0.2) is 9.48 Å². The van der Waals surface area contributed by atoms with Crippen molar-refractivity contribution in [3.8, 4) is 11.4 Å². The van der Waals surface area contributed by atoms with Crippen molar-refractivity contribution in [3.05, 3.63) is 72.1 Å². The molecule has 0 bridgehead atoms. The number of hydrogen-bond donors (Lipinski definition) is 2. The molecule has 9 nitrogen and oxygen atoms in total. The number of para-hydroxylation sites is 2. The minimum absolute atomic E-state index is 0.0279. The Balaban J connectivity index is 1.45. The summed E-state index contributed by atoms with van der Waals surface area (Å²) in [6, 6.07) is 16.2. The lowest BCUT2D eigenvalue weighted by Gasteiger charge is -2.15. The fourth-order valence-electron chi connectivity index (χ4n) is 3.97. The van der Waals surface area contributed by atoms with Crippen LogP contribution in [-0.2, 0) is 9.53 Å². The Bertz CT molecular complexity index is 1190. The summed E-state index contributed by atoms with van der Waals surface area (Å²) in [7, 11) is 0. The van der Waals surface area contributed by atoms with Crippen LogP contribution in [0.2, 0.25) is 0 Å². The van der Waals surface area contributed by atoms with Gasteiger partial charge in [-0.1, -0.05) is 43.2 Å². The first-order valence-corrected chi connectivity index (χ1v) is 11.7. The summed E-state index contributed by atoms with van der Waals surface area (Å²) in [4.78, 5) is 37.8. The van der Waals surface area contributed by atoms with Gasteiger partial charge in [0.2, 0.25) is 5.69 Å². The van der Waals surface area contributed by atoms with Gasteiger partial charge in [0.25, 0.3) is 11.8 Å². The normalized spacial score (nSPS) is 13.3. The summed E-state index contributed by atoms with van der Waals surface area (Å²) in [5.74, 6) is -1.22. The highest BCUT2D eigenvalue weighted by atomic mass is 16.5. The van der Waals surface area contributed by atoms with Crippen LogP contribution in [0.5, 0.6) is 5.75 Å².